The van der Waals surface area contributed by atoms with E-state index in [4.69, 9.17) is 32.8 Å². The number of fused-ring (bicyclic) bond motifs is 1. The molecule has 1 aromatic heterocycles. The Labute approximate surface area is 270 Å². The SMILES string of the molecule is CCC/C(=C1/SC(=O)CC1=O)c1ccc(OCCOc2c(-c3ccc(OC)c(OC)c3)oc3cc(OC)cc(OC)c3c2=O)cc1. The van der Waals surface area contributed by atoms with Crippen LogP contribution < -0.4 is 33.8 Å². The molecule has 0 aliphatic carbocycles. The normalized spacial score (nSPS) is 13.9. The first-order valence-electron chi connectivity index (χ1n) is 14.6. The zero-order chi connectivity index (χ0) is 32.8. The summed E-state index contributed by atoms with van der Waals surface area (Å²) in [4.78, 5) is 38.6. The molecule has 0 radical (unpaired) electrons. The Bertz CT molecular complexity index is 1860. The molecule has 1 aliphatic heterocycles. The van der Waals surface area contributed by atoms with Crippen LogP contribution in [0.3, 0.4) is 0 Å². The fraction of sp³-hybridized carbons (Fsp3) is 0.286. The van der Waals surface area contributed by atoms with Gasteiger partial charge < -0.3 is 32.8 Å². The number of benzene rings is 3. The predicted molar refractivity (Wildman–Crippen MR) is 176 cm³/mol. The Morgan fingerprint density at radius 1 is 0.783 bits per heavy atom. The average molecular weight is 647 g/mol. The van der Waals surface area contributed by atoms with Crippen LogP contribution in [0.1, 0.15) is 31.7 Å². The van der Waals surface area contributed by atoms with Crippen molar-refractivity contribution in [3.63, 3.8) is 0 Å². The summed E-state index contributed by atoms with van der Waals surface area (Å²) < 4.78 is 40.0. The summed E-state index contributed by atoms with van der Waals surface area (Å²) in [6.45, 7) is 2.17. The fourth-order valence-corrected chi connectivity index (χ4v) is 6.12. The predicted octanol–water partition coefficient (Wildman–Crippen LogP) is 6.70. The van der Waals surface area contributed by atoms with Crippen LogP contribution in [-0.2, 0) is 9.59 Å². The summed E-state index contributed by atoms with van der Waals surface area (Å²) in [7, 11) is 6.03. The van der Waals surface area contributed by atoms with E-state index in [0.717, 1.165) is 29.3 Å². The summed E-state index contributed by atoms with van der Waals surface area (Å²) in [5, 5.41) is 0.0816. The van der Waals surface area contributed by atoms with E-state index < -0.39 is 5.43 Å². The zero-order valence-corrected chi connectivity index (χ0v) is 27.0. The van der Waals surface area contributed by atoms with E-state index in [9.17, 15) is 14.4 Å². The van der Waals surface area contributed by atoms with Crippen molar-refractivity contribution in [2.24, 2.45) is 0 Å². The number of ether oxygens (including phenoxy) is 6. The first-order valence-corrected chi connectivity index (χ1v) is 15.4. The molecular formula is C35H34O10S. The van der Waals surface area contributed by atoms with Gasteiger partial charge >= 0.3 is 0 Å². The molecule has 240 valence electrons. The van der Waals surface area contributed by atoms with Gasteiger partial charge in [0.1, 0.15) is 41.4 Å². The highest BCUT2D eigenvalue weighted by Gasteiger charge is 2.29. The maximum Gasteiger partial charge on any atom is 0.239 e. The number of ketones is 1. The van der Waals surface area contributed by atoms with Gasteiger partial charge in [0.05, 0.1) is 39.8 Å². The van der Waals surface area contributed by atoms with Gasteiger partial charge in [-0.15, -0.1) is 0 Å². The average Bonchev–Trinajstić information content (AvgIpc) is 3.42. The van der Waals surface area contributed by atoms with Gasteiger partial charge in [-0.05, 0) is 59.7 Å². The smallest absolute Gasteiger partial charge is 0.239 e. The van der Waals surface area contributed by atoms with Crippen molar-refractivity contribution >= 4 is 39.2 Å². The van der Waals surface area contributed by atoms with Gasteiger partial charge in [0, 0.05) is 17.7 Å². The Morgan fingerprint density at radius 2 is 1.50 bits per heavy atom. The van der Waals surface area contributed by atoms with Gasteiger partial charge in [-0.2, -0.15) is 0 Å². The number of thioether (sulfide) groups is 1. The van der Waals surface area contributed by atoms with E-state index in [2.05, 4.69) is 0 Å². The van der Waals surface area contributed by atoms with E-state index >= 15 is 0 Å². The van der Waals surface area contributed by atoms with Crippen molar-refractivity contribution in [2.45, 2.75) is 26.2 Å². The van der Waals surface area contributed by atoms with Crippen LogP contribution in [0.4, 0.5) is 0 Å². The zero-order valence-electron chi connectivity index (χ0n) is 26.2. The molecule has 0 saturated carbocycles. The van der Waals surface area contributed by atoms with E-state index in [-0.39, 0.29) is 58.8 Å². The lowest BCUT2D eigenvalue weighted by molar-refractivity contribution is -0.119. The summed E-state index contributed by atoms with van der Waals surface area (Å²) >= 11 is 1.03. The molecule has 0 spiro atoms. The number of carbonyl (C=O) groups is 2. The van der Waals surface area contributed by atoms with Crippen molar-refractivity contribution in [3.8, 4) is 45.8 Å². The largest absolute Gasteiger partial charge is 0.496 e. The molecule has 0 atom stereocenters. The molecule has 11 heteroatoms. The highest BCUT2D eigenvalue weighted by atomic mass is 32.2. The van der Waals surface area contributed by atoms with Crippen molar-refractivity contribution in [2.75, 3.05) is 41.7 Å². The third-order valence-electron chi connectivity index (χ3n) is 7.34. The summed E-state index contributed by atoms with van der Waals surface area (Å²) in [5.74, 6) is 2.32. The van der Waals surface area contributed by atoms with Crippen LogP contribution in [0.25, 0.3) is 27.9 Å². The number of methoxy groups -OCH3 is 4. The fourth-order valence-electron chi connectivity index (χ4n) is 5.16. The van der Waals surface area contributed by atoms with E-state index in [1.165, 1.54) is 28.4 Å². The maximum atomic E-state index is 13.9. The minimum Gasteiger partial charge on any atom is -0.496 e. The third kappa shape index (κ3) is 6.69. The second kappa shape index (κ2) is 14.5. The summed E-state index contributed by atoms with van der Waals surface area (Å²) in [5.41, 5.74) is 2.10. The third-order valence-corrected chi connectivity index (χ3v) is 8.39. The van der Waals surface area contributed by atoms with E-state index in [0.29, 0.717) is 39.9 Å². The van der Waals surface area contributed by atoms with Crippen LogP contribution in [-0.4, -0.2) is 52.6 Å². The van der Waals surface area contributed by atoms with Gasteiger partial charge in [-0.1, -0.05) is 25.5 Å². The Morgan fingerprint density at radius 3 is 2.13 bits per heavy atom. The Hall–Kier alpha value is -4.90. The van der Waals surface area contributed by atoms with Crippen molar-refractivity contribution < 1.29 is 42.4 Å². The minimum atomic E-state index is -0.427. The molecule has 1 saturated heterocycles. The van der Waals surface area contributed by atoms with Crippen LogP contribution >= 0.6 is 11.8 Å². The molecule has 46 heavy (non-hydrogen) atoms. The number of hydrogen-bond acceptors (Lipinski definition) is 11. The van der Waals surface area contributed by atoms with Crippen LogP contribution in [0.2, 0.25) is 0 Å². The van der Waals surface area contributed by atoms with E-state index in [1.807, 2.05) is 19.1 Å². The van der Waals surface area contributed by atoms with Crippen LogP contribution in [0.5, 0.6) is 34.5 Å². The van der Waals surface area contributed by atoms with Gasteiger partial charge in [0.2, 0.25) is 16.3 Å². The first kappa shape index (κ1) is 32.5. The van der Waals surface area contributed by atoms with E-state index in [1.54, 1.807) is 42.5 Å². The molecule has 3 aromatic carbocycles. The number of rotatable bonds is 13. The van der Waals surface area contributed by atoms with Crippen LogP contribution in [0, 0.1) is 0 Å². The molecule has 1 aliphatic rings. The topological polar surface area (TPSA) is 120 Å². The second-order valence-corrected chi connectivity index (χ2v) is 11.3. The van der Waals surface area contributed by atoms with Crippen molar-refractivity contribution in [1.29, 1.82) is 0 Å². The molecule has 10 nitrogen and oxygen atoms in total. The number of allylic oxidation sites excluding steroid dienone is 2. The van der Waals surface area contributed by atoms with Crippen LogP contribution in [0.15, 0.2) is 68.7 Å². The molecule has 4 aromatic rings. The molecule has 0 amide bonds. The Balaban J connectivity index is 1.41. The molecule has 0 N–H and O–H groups in total. The number of carbonyl (C=O) groups excluding carboxylic acids is 2. The molecule has 0 unspecified atom stereocenters. The minimum absolute atomic E-state index is 0.0220. The van der Waals surface area contributed by atoms with Gasteiger partial charge in [0.25, 0.3) is 0 Å². The molecule has 2 heterocycles. The molecular weight excluding hydrogens is 612 g/mol. The lowest BCUT2D eigenvalue weighted by Crippen LogP contribution is -2.16. The summed E-state index contributed by atoms with van der Waals surface area (Å²) in [6, 6.07) is 15.7. The van der Waals surface area contributed by atoms with Gasteiger partial charge in [0.15, 0.2) is 23.0 Å². The summed E-state index contributed by atoms with van der Waals surface area (Å²) in [6.07, 6.45) is 1.46. The first-order chi connectivity index (χ1) is 22.3. The maximum absolute atomic E-state index is 13.9. The number of hydrogen-bond donors (Lipinski definition) is 0. The highest BCUT2D eigenvalue weighted by Crippen LogP contribution is 2.40. The lowest BCUT2D eigenvalue weighted by Gasteiger charge is -2.15. The molecule has 1 fully saturated rings. The number of Topliss-reactive ketones (excluding diaryl/α,β-unsaturated/α-hetero) is 1. The lowest BCUT2D eigenvalue weighted by atomic mass is 9.99. The quantitative estimate of drug-likeness (QED) is 0.0877. The highest BCUT2D eigenvalue weighted by molar-refractivity contribution is 8.18. The van der Waals surface area contributed by atoms with Crippen molar-refractivity contribution in [3.05, 3.63) is 75.3 Å². The molecule has 0 bridgehead atoms. The second-order valence-electron chi connectivity index (χ2n) is 10.2. The van der Waals surface area contributed by atoms with Gasteiger partial charge in [-0.3, -0.25) is 14.4 Å². The molecule has 5 rings (SSSR count). The standard InChI is InChI=1S/C35H34O10S/c1-6-7-24(35-25(36)19-30(37)46-35)20-8-11-22(12-9-20)43-14-15-44-34-32(38)31-28(42-5)17-23(39-2)18-29(31)45-33(34)21-10-13-26(40-3)27(16-21)41-4/h8-13,16-18H,6-7,14-15,19H2,1-5H3/b35-24-. The van der Waals surface area contributed by atoms with Crippen molar-refractivity contribution in [1.82, 2.24) is 0 Å². The Kier molecular flexibility index (Phi) is 10.2. The van der Waals surface area contributed by atoms with Gasteiger partial charge in [-0.25, -0.2) is 0 Å². The monoisotopic (exact) mass is 646 g/mol.